The average Bonchev–Trinajstić information content (AvgIpc) is 3.31. The third-order valence-electron chi connectivity index (χ3n) is 5.50. The number of anilines is 1. The summed E-state index contributed by atoms with van der Waals surface area (Å²) in [5, 5.41) is 0.811. The average molecular weight is 408 g/mol. The number of aryl methyl sites for hydroxylation is 1. The van der Waals surface area contributed by atoms with Gasteiger partial charge in [-0.15, -0.1) is 0 Å². The highest BCUT2D eigenvalue weighted by Gasteiger charge is 2.30. The molecule has 1 fully saturated rings. The molecule has 0 spiro atoms. The number of piperazine rings is 1. The molecule has 1 aromatic heterocycles. The van der Waals surface area contributed by atoms with E-state index in [2.05, 4.69) is 4.99 Å². The molecule has 8 nitrogen and oxygen atoms in total. The van der Waals surface area contributed by atoms with Crippen LogP contribution in [-0.2, 0) is 16.6 Å². The topological polar surface area (TPSA) is 84.2 Å². The van der Waals surface area contributed by atoms with Crippen LogP contribution >= 0.6 is 0 Å². The number of amides is 1. The molecule has 0 radical (unpaired) electrons. The van der Waals surface area contributed by atoms with Crippen molar-refractivity contribution in [3.8, 4) is 0 Å². The van der Waals surface area contributed by atoms with Crippen molar-refractivity contribution in [3.63, 3.8) is 0 Å². The van der Waals surface area contributed by atoms with Gasteiger partial charge in [0.25, 0.3) is 11.5 Å². The normalized spacial score (nSPS) is 16.1. The number of benzene rings is 1. The Bertz CT molecular complexity index is 1120. The van der Waals surface area contributed by atoms with Gasteiger partial charge in [0.1, 0.15) is 11.3 Å². The van der Waals surface area contributed by atoms with Crippen molar-refractivity contribution < 1.29 is 14.3 Å². The Kier molecular flexibility index (Phi) is 5.39. The molecule has 0 aliphatic carbocycles. The third kappa shape index (κ3) is 3.38. The Labute approximate surface area is 174 Å². The Morgan fingerprint density at radius 3 is 2.53 bits per heavy atom. The Morgan fingerprint density at radius 1 is 1.13 bits per heavy atom. The number of nitrogens with zero attached hydrogens (tertiary/aromatic N) is 4. The van der Waals surface area contributed by atoms with E-state index in [1.807, 2.05) is 35.2 Å². The second kappa shape index (κ2) is 8.14. The zero-order valence-corrected chi connectivity index (χ0v) is 17.1. The lowest BCUT2D eigenvalue weighted by molar-refractivity contribution is -0.127. The summed E-state index contributed by atoms with van der Waals surface area (Å²) in [6.45, 7) is 3.88. The molecule has 2 aliphatic heterocycles. The number of hydrogen-bond acceptors (Lipinski definition) is 6. The lowest BCUT2D eigenvalue weighted by Gasteiger charge is -2.37. The molecule has 1 aromatic carbocycles. The number of hydrogen-bond donors (Lipinski definition) is 0. The molecule has 0 bridgehead atoms. The molecule has 1 saturated heterocycles. The lowest BCUT2D eigenvalue weighted by Crippen LogP contribution is -2.50. The number of ether oxygens (including phenoxy) is 1. The first-order chi connectivity index (χ1) is 14.5. The van der Waals surface area contributed by atoms with Crippen molar-refractivity contribution in [2.75, 3.05) is 37.7 Å². The fraction of sp³-hybridized carbons (Fsp3) is 0.364. The van der Waals surface area contributed by atoms with Crippen LogP contribution in [0.25, 0.3) is 10.9 Å². The molecule has 0 unspecified atom stereocenters. The van der Waals surface area contributed by atoms with E-state index >= 15 is 0 Å². The summed E-state index contributed by atoms with van der Waals surface area (Å²) in [5.41, 5.74) is 1.47. The number of esters is 1. The van der Waals surface area contributed by atoms with Crippen LogP contribution in [0.15, 0.2) is 45.8 Å². The maximum atomic E-state index is 13.1. The van der Waals surface area contributed by atoms with Crippen molar-refractivity contribution in [3.05, 3.63) is 52.0 Å². The van der Waals surface area contributed by atoms with Crippen molar-refractivity contribution >= 4 is 34.7 Å². The molecular formula is C22H24N4O4. The van der Waals surface area contributed by atoms with E-state index in [0.29, 0.717) is 44.0 Å². The number of para-hydroxylation sites is 1. The highest BCUT2D eigenvalue weighted by atomic mass is 16.5. The maximum Gasteiger partial charge on any atom is 0.345 e. The summed E-state index contributed by atoms with van der Waals surface area (Å²) in [5.74, 6) is -0.703. The van der Waals surface area contributed by atoms with Gasteiger partial charge in [0, 0.05) is 51.2 Å². The third-order valence-corrected chi connectivity index (χ3v) is 5.50. The van der Waals surface area contributed by atoms with Gasteiger partial charge in [-0.2, -0.15) is 0 Å². The minimum atomic E-state index is -0.622. The molecule has 2 aliphatic rings. The molecule has 3 heterocycles. The smallest absolute Gasteiger partial charge is 0.345 e. The number of carbonyl (C=O) groups is 2. The molecule has 30 heavy (non-hydrogen) atoms. The first-order valence-electron chi connectivity index (χ1n) is 10.1. The van der Waals surface area contributed by atoms with Crippen molar-refractivity contribution in [2.24, 2.45) is 12.0 Å². The SMILES string of the molecule is CCOC(=O)c1c(N2CCN(C(=O)C3=CCC=N3)CC2)c2ccccc2n(C)c1=O. The predicted molar refractivity (Wildman–Crippen MR) is 115 cm³/mol. The molecule has 4 rings (SSSR count). The van der Waals surface area contributed by atoms with Crippen molar-refractivity contribution in [1.29, 1.82) is 0 Å². The molecular weight excluding hydrogens is 384 g/mol. The van der Waals surface area contributed by atoms with E-state index in [0.717, 1.165) is 10.9 Å². The van der Waals surface area contributed by atoms with E-state index in [1.54, 1.807) is 25.1 Å². The molecule has 0 saturated carbocycles. The number of allylic oxidation sites excluding steroid dienone is 1. The van der Waals surface area contributed by atoms with Crippen LogP contribution in [0.3, 0.4) is 0 Å². The highest BCUT2D eigenvalue weighted by molar-refractivity contribution is 6.05. The summed E-state index contributed by atoms with van der Waals surface area (Å²) in [6.07, 6.45) is 4.23. The van der Waals surface area contributed by atoms with Crippen LogP contribution < -0.4 is 10.5 Å². The largest absolute Gasteiger partial charge is 0.462 e. The second-order valence-electron chi connectivity index (χ2n) is 7.24. The second-order valence-corrected chi connectivity index (χ2v) is 7.24. The lowest BCUT2D eigenvalue weighted by atomic mass is 10.1. The summed E-state index contributed by atoms with van der Waals surface area (Å²) in [7, 11) is 1.66. The number of aromatic nitrogens is 1. The minimum Gasteiger partial charge on any atom is -0.462 e. The number of pyridine rings is 1. The van der Waals surface area contributed by atoms with Gasteiger partial charge in [-0.25, -0.2) is 4.79 Å². The number of fused-ring (bicyclic) bond motifs is 1. The van der Waals surface area contributed by atoms with Gasteiger partial charge < -0.3 is 19.1 Å². The van der Waals surface area contributed by atoms with Crippen LogP contribution in [0, 0.1) is 0 Å². The fourth-order valence-electron chi connectivity index (χ4n) is 4.00. The number of carbonyl (C=O) groups excluding carboxylic acids is 2. The highest BCUT2D eigenvalue weighted by Crippen LogP contribution is 2.30. The molecule has 0 atom stereocenters. The molecule has 1 amide bonds. The summed E-state index contributed by atoms with van der Waals surface area (Å²) in [4.78, 5) is 46.3. The van der Waals surface area contributed by atoms with E-state index in [4.69, 9.17) is 4.74 Å². The standard InChI is InChI=1S/C22H24N4O4/c1-3-30-22(29)18-19(15-7-4-5-9-17(15)24(2)21(18)28)25-11-13-26(14-12-25)20(27)16-8-6-10-23-16/h4-5,7-10H,3,6,11-14H2,1-2H3. The molecule has 0 N–H and O–H groups in total. The zero-order chi connectivity index (χ0) is 21.3. The number of aliphatic imine (C=N–C) groups is 1. The fourth-order valence-corrected chi connectivity index (χ4v) is 4.00. The molecule has 8 heteroatoms. The van der Waals surface area contributed by atoms with E-state index in [1.165, 1.54) is 4.57 Å². The van der Waals surface area contributed by atoms with E-state index < -0.39 is 5.97 Å². The number of rotatable bonds is 4. The van der Waals surface area contributed by atoms with Gasteiger partial charge in [0.15, 0.2) is 0 Å². The van der Waals surface area contributed by atoms with E-state index in [-0.39, 0.29) is 23.6 Å². The predicted octanol–water partition coefficient (Wildman–Crippen LogP) is 1.72. The van der Waals surface area contributed by atoms with Crippen molar-refractivity contribution in [1.82, 2.24) is 9.47 Å². The van der Waals surface area contributed by atoms with Crippen LogP contribution in [0.5, 0.6) is 0 Å². The molecule has 156 valence electrons. The summed E-state index contributed by atoms with van der Waals surface area (Å²) in [6, 6.07) is 7.51. The van der Waals surface area contributed by atoms with Crippen LogP contribution in [0.1, 0.15) is 23.7 Å². The first kappa shape index (κ1) is 19.9. The Hall–Kier alpha value is -3.42. The van der Waals surface area contributed by atoms with E-state index in [9.17, 15) is 14.4 Å². The zero-order valence-electron chi connectivity index (χ0n) is 17.1. The van der Waals surface area contributed by atoms with Crippen LogP contribution in [0.4, 0.5) is 5.69 Å². The first-order valence-corrected chi connectivity index (χ1v) is 10.1. The van der Waals surface area contributed by atoms with Gasteiger partial charge >= 0.3 is 5.97 Å². The van der Waals surface area contributed by atoms with Gasteiger partial charge in [0.2, 0.25) is 0 Å². The van der Waals surface area contributed by atoms with Crippen molar-refractivity contribution in [2.45, 2.75) is 13.3 Å². The van der Waals surface area contributed by atoms with Gasteiger partial charge in [-0.05, 0) is 19.1 Å². The minimum absolute atomic E-state index is 0.0425. The van der Waals surface area contributed by atoms with Gasteiger partial charge in [0.05, 0.1) is 17.8 Å². The summed E-state index contributed by atoms with van der Waals surface area (Å²) >= 11 is 0. The summed E-state index contributed by atoms with van der Waals surface area (Å²) < 4.78 is 6.69. The monoisotopic (exact) mass is 408 g/mol. The van der Waals surface area contributed by atoms with Gasteiger partial charge in [-0.1, -0.05) is 18.2 Å². The van der Waals surface area contributed by atoms with Crippen LogP contribution in [0.2, 0.25) is 0 Å². The Morgan fingerprint density at radius 2 is 1.87 bits per heavy atom. The Balaban J connectivity index is 1.72. The molecule has 2 aromatic rings. The maximum absolute atomic E-state index is 13.1. The van der Waals surface area contributed by atoms with Crippen LogP contribution in [-0.4, -0.2) is 60.3 Å². The quantitative estimate of drug-likeness (QED) is 0.720. The van der Waals surface area contributed by atoms with Gasteiger partial charge in [-0.3, -0.25) is 14.6 Å².